The summed E-state index contributed by atoms with van der Waals surface area (Å²) in [6.45, 7) is 0.733. The van der Waals surface area contributed by atoms with Gasteiger partial charge in [-0.1, -0.05) is 48.5 Å². The topological polar surface area (TPSA) is 61.4 Å². The van der Waals surface area contributed by atoms with Gasteiger partial charge in [-0.3, -0.25) is 4.79 Å². The van der Waals surface area contributed by atoms with Gasteiger partial charge in [0.1, 0.15) is 0 Å². The molecule has 2 aromatic rings. The van der Waals surface area contributed by atoms with Crippen LogP contribution in [0, 0.1) is 0 Å². The highest BCUT2D eigenvalue weighted by atomic mass is 16.4. The van der Waals surface area contributed by atoms with Crippen LogP contribution in [0.1, 0.15) is 41.1 Å². The lowest BCUT2D eigenvalue weighted by molar-refractivity contribution is -0.137. The minimum Gasteiger partial charge on any atom is -0.481 e. The summed E-state index contributed by atoms with van der Waals surface area (Å²) in [5.74, 6) is -0.745. The van der Waals surface area contributed by atoms with Crippen molar-refractivity contribution in [2.45, 2.75) is 37.8 Å². The number of hydrogen-bond donors (Lipinski definition) is 3. The molecule has 1 aliphatic rings. The first-order valence-corrected chi connectivity index (χ1v) is 8.97. The number of fused-ring (bicyclic) bond motifs is 2. The number of aryl methyl sites for hydroxylation is 2. The third-order valence-corrected chi connectivity index (χ3v) is 5.08. The van der Waals surface area contributed by atoms with Crippen molar-refractivity contribution >= 4 is 5.97 Å². The van der Waals surface area contributed by atoms with Crippen LogP contribution in [0.2, 0.25) is 0 Å². The van der Waals surface area contributed by atoms with Crippen LogP contribution in [0.15, 0.2) is 48.5 Å². The molecule has 2 aromatic carbocycles. The third kappa shape index (κ3) is 4.27. The number of carboxylic acids is 1. The normalized spacial score (nSPS) is 15.1. The summed E-state index contributed by atoms with van der Waals surface area (Å²) in [4.78, 5) is 10.9. The van der Waals surface area contributed by atoms with E-state index in [1.807, 2.05) is 7.05 Å². The predicted octanol–water partition coefficient (Wildman–Crippen LogP) is 2.92. The largest absolute Gasteiger partial charge is 0.481 e. The standard InChI is InChI=1S/C21H26N2O2/c1-22-17(12-13-20(24)25)14-23-21-18-8-4-2-6-15(18)10-11-16-7-3-5-9-19(16)21/h2-9,17,21-23H,10-14H2,1H3,(H,24,25). The van der Waals surface area contributed by atoms with Crippen molar-refractivity contribution in [3.8, 4) is 0 Å². The Balaban J connectivity index is 1.83. The molecule has 25 heavy (non-hydrogen) atoms. The van der Waals surface area contributed by atoms with Crippen LogP contribution in [0.25, 0.3) is 0 Å². The molecule has 0 aromatic heterocycles. The molecule has 0 aliphatic heterocycles. The Hall–Kier alpha value is -2.17. The summed E-state index contributed by atoms with van der Waals surface area (Å²) in [7, 11) is 1.89. The summed E-state index contributed by atoms with van der Waals surface area (Å²) in [5.41, 5.74) is 5.45. The Kier molecular flexibility index (Phi) is 5.84. The number of nitrogens with one attached hydrogen (secondary N) is 2. The Morgan fingerprint density at radius 3 is 2.16 bits per heavy atom. The number of likely N-dealkylation sites (N-methyl/N-ethyl adjacent to an activating group) is 1. The van der Waals surface area contributed by atoms with E-state index in [-0.39, 0.29) is 18.5 Å². The van der Waals surface area contributed by atoms with E-state index in [1.165, 1.54) is 22.3 Å². The van der Waals surface area contributed by atoms with Crippen LogP contribution >= 0.6 is 0 Å². The maximum Gasteiger partial charge on any atom is 0.303 e. The number of aliphatic carboxylic acids is 1. The molecule has 4 heteroatoms. The van der Waals surface area contributed by atoms with E-state index >= 15 is 0 Å². The number of carboxylic acid groups (broad SMARTS) is 1. The van der Waals surface area contributed by atoms with Gasteiger partial charge in [0.15, 0.2) is 0 Å². The Bertz CT molecular complexity index is 682. The van der Waals surface area contributed by atoms with Crippen molar-refractivity contribution in [1.29, 1.82) is 0 Å². The third-order valence-electron chi connectivity index (χ3n) is 5.08. The molecule has 4 nitrogen and oxygen atoms in total. The number of hydrogen-bond acceptors (Lipinski definition) is 3. The van der Waals surface area contributed by atoms with Crippen molar-refractivity contribution < 1.29 is 9.90 Å². The lowest BCUT2D eigenvalue weighted by atomic mass is 9.94. The molecule has 132 valence electrons. The van der Waals surface area contributed by atoms with Gasteiger partial charge < -0.3 is 15.7 Å². The Morgan fingerprint density at radius 2 is 1.64 bits per heavy atom. The number of benzene rings is 2. The number of carbonyl (C=O) groups is 1. The molecule has 0 fully saturated rings. The summed E-state index contributed by atoms with van der Waals surface area (Å²) >= 11 is 0. The van der Waals surface area contributed by atoms with Crippen molar-refractivity contribution in [2.75, 3.05) is 13.6 Å². The van der Waals surface area contributed by atoms with E-state index in [2.05, 4.69) is 59.2 Å². The van der Waals surface area contributed by atoms with Gasteiger partial charge in [0, 0.05) is 19.0 Å². The molecule has 0 amide bonds. The first-order valence-electron chi connectivity index (χ1n) is 8.97. The van der Waals surface area contributed by atoms with Gasteiger partial charge in [-0.2, -0.15) is 0 Å². The van der Waals surface area contributed by atoms with Crippen LogP contribution < -0.4 is 10.6 Å². The van der Waals surface area contributed by atoms with Crippen molar-refractivity contribution in [3.63, 3.8) is 0 Å². The zero-order valence-corrected chi connectivity index (χ0v) is 14.7. The molecule has 3 rings (SSSR count). The van der Waals surface area contributed by atoms with Gasteiger partial charge in [0.25, 0.3) is 0 Å². The summed E-state index contributed by atoms with van der Waals surface area (Å²) < 4.78 is 0. The zero-order chi connectivity index (χ0) is 17.6. The van der Waals surface area contributed by atoms with Gasteiger partial charge in [0.2, 0.25) is 0 Å². The monoisotopic (exact) mass is 338 g/mol. The van der Waals surface area contributed by atoms with E-state index in [9.17, 15) is 4.79 Å². The summed E-state index contributed by atoms with van der Waals surface area (Å²) in [6, 6.07) is 17.6. The quantitative estimate of drug-likeness (QED) is 0.726. The van der Waals surface area contributed by atoms with Crippen molar-refractivity contribution in [1.82, 2.24) is 10.6 Å². The van der Waals surface area contributed by atoms with Gasteiger partial charge in [0.05, 0.1) is 6.04 Å². The van der Waals surface area contributed by atoms with Crippen LogP contribution in [0.3, 0.4) is 0 Å². The first-order chi connectivity index (χ1) is 12.2. The van der Waals surface area contributed by atoms with Gasteiger partial charge >= 0.3 is 5.97 Å². The summed E-state index contributed by atoms with van der Waals surface area (Å²) in [6.07, 6.45) is 2.92. The molecular weight excluding hydrogens is 312 g/mol. The zero-order valence-electron chi connectivity index (χ0n) is 14.7. The smallest absolute Gasteiger partial charge is 0.303 e. The van der Waals surface area contributed by atoms with Gasteiger partial charge in [-0.25, -0.2) is 0 Å². The molecule has 1 aliphatic carbocycles. The number of rotatable bonds is 7. The van der Waals surface area contributed by atoms with Gasteiger partial charge in [-0.05, 0) is 48.6 Å². The molecule has 0 heterocycles. The predicted molar refractivity (Wildman–Crippen MR) is 99.9 cm³/mol. The second kappa shape index (κ2) is 8.28. The molecule has 1 unspecified atom stereocenters. The van der Waals surface area contributed by atoms with E-state index in [0.717, 1.165) is 19.4 Å². The molecule has 0 bridgehead atoms. The molecule has 0 saturated carbocycles. The van der Waals surface area contributed by atoms with Crippen LogP contribution in [-0.2, 0) is 17.6 Å². The fraction of sp³-hybridized carbons (Fsp3) is 0.381. The van der Waals surface area contributed by atoms with E-state index in [4.69, 9.17) is 5.11 Å². The van der Waals surface area contributed by atoms with Crippen LogP contribution in [-0.4, -0.2) is 30.7 Å². The molecular formula is C21H26N2O2. The molecule has 3 N–H and O–H groups in total. The minimum absolute atomic E-state index is 0.138. The van der Waals surface area contributed by atoms with Crippen molar-refractivity contribution in [2.24, 2.45) is 0 Å². The maximum atomic E-state index is 10.9. The van der Waals surface area contributed by atoms with Crippen LogP contribution in [0.5, 0.6) is 0 Å². The first kappa shape index (κ1) is 17.6. The Morgan fingerprint density at radius 1 is 1.08 bits per heavy atom. The summed E-state index contributed by atoms with van der Waals surface area (Å²) in [5, 5.41) is 15.9. The van der Waals surface area contributed by atoms with E-state index in [0.29, 0.717) is 6.42 Å². The van der Waals surface area contributed by atoms with Crippen LogP contribution in [0.4, 0.5) is 0 Å². The molecule has 0 spiro atoms. The van der Waals surface area contributed by atoms with E-state index < -0.39 is 5.97 Å². The van der Waals surface area contributed by atoms with Crippen molar-refractivity contribution in [3.05, 3.63) is 70.8 Å². The Labute approximate surface area is 149 Å². The van der Waals surface area contributed by atoms with Gasteiger partial charge in [-0.15, -0.1) is 0 Å². The van der Waals surface area contributed by atoms with E-state index in [1.54, 1.807) is 0 Å². The molecule has 0 radical (unpaired) electrons. The second-order valence-electron chi connectivity index (χ2n) is 6.66. The average molecular weight is 338 g/mol. The SMILES string of the molecule is CNC(CCC(=O)O)CNC1c2ccccc2CCc2ccccc21. The molecule has 1 atom stereocenters. The molecule has 0 saturated heterocycles. The highest BCUT2D eigenvalue weighted by Gasteiger charge is 2.23. The second-order valence-corrected chi connectivity index (χ2v) is 6.66. The average Bonchev–Trinajstić information content (AvgIpc) is 2.79. The highest BCUT2D eigenvalue weighted by Crippen LogP contribution is 2.32. The lowest BCUT2D eigenvalue weighted by Crippen LogP contribution is -2.39. The highest BCUT2D eigenvalue weighted by molar-refractivity contribution is 5.66. The fourth-order valence-corrected chi connectivity index (χ4v) is 3.65. The fourth-order valence-electron chi connectivity index (χ4n) is 3.65. The lowest BCUT2D eigenvalue weighted by Gasteiger charge is -2.25. The maximum absolute atomic E-state index is 10.9. The minimum atomic E-state index is -0.745.